The minimum absolute atomic E-state index is 0.0204. The topological polar surface area (TPSA) is 257 Å². The van der Waals surface area contributed by atoms with E-state index in [1.54, 1.807) is 20.8 Å². The first kappa shape index (κ1) is 47.5. The molecule has 2 amide bonds. The molecule has 1 fully saturated rings. The summed E-state index contributed by atoms with van der Waals surface area (Å²) >= 11 is 0. The lowest BCUT2D eigenvalue weighted by molar-refractivity contribution is -0.282. The average molecular weight is 805 g/mol. The number of benzene rings is 1. The molecule has 4 unspecified atom stereocenters. The molecule has 0 bridgehead atoms. The molecule has 2 rings (SSSR count). The van der Waals surface area contributed by atoms with Gasteiger partial charge in [0.05, 0.1) is 66.6 Å². The molecule has 1 aromatic carbocycles. The second kappa shape index (κ2) is 24.8. The maximum Gasteiger partial charge on any atom is 0.431 e. The van der Waals surface area contributed by atoms with Gasteiger partial charge in [-0.15, -0.1) is 0 Å². The van der Waals surface area contributed by atoms with Gasteiger partial charge in [-0.1, -0.05) is 0 Å². The number of anilines is 1. The van der Waals surface area contributed by atoms with Gasteiger partial charge < -0.3 is 62.5 Å². The molecule has 1 aliphatic rings. The SMILES string of the molecule is COC(=O)[C@H]1OC(Oc2ccc(NC(=O)COCCOCCOCCOCCONC(=O)OC(C)(C)C)cc2CO)C(OC(C)=O)C(OC(C)=O)C1OC(C)=O. The van der Waals surface area contributed by atoms with Crippen molar-refractivity contribution < 1.29 is 90.8 Å². The lowest BCUT2D eigenvalue weighted by Gasteiger charge is -2.43. The zero-order valence-electron chi connectivity index (χ0n) is 32.5. The summed E-state index contributed by atoms with van der Waals surface area (Å²) in [4.78, 5) is 77.6. The fourth-order valence-electron chi connectivity index (χ4n) is 4.73. The van der Waals surface area contributed by atoms with Crippen molar-refractivity contribution in [1.29, 1.82) is 0 Å². The summed E-state index contributed by atoms with van der Waals surface area (Å²) in [5.41, 5.74) is 1.93. The maximum absolute atomic E-state index is 12.7. The number of esters is 4. The number of hydrogen-bond acceptors (Lipinski definition) is 19. The van der Waals surface area contributed by atoms with Crippen LogP contribution < -0.4 is 15.5 Å². The van der Waals surface area contributed by atoms with Crippen LogP contribution in [0.4, 0.5) is 10.5 Å². The zero-order valence-corrected chi connectivity index (χ0v) is 32.5. The third-order valence-corrected chi connectivity index (χ3v) is 6.83. The first-order valence-electron chi connectivity index (χ1n) is 17.4. The number of hydroxylamine groups is 1. The quantitative estimate of drug-likeness (QED) is 0.0596. The predicted molar refractivity (Wildman–Crippen MR) is 188 cm³/mol. The molecule has 56 heavy (non-hydrogen) atoms. The number of carbonyl (C=O) groups excluding carboxylic acids is 6. The van der Waals surface area contributed by atoms with E-state index in [0.29, 0.717) is 19.8 Å². The normalized spacial score (nSPS) is 19.2. The van der Waals surface area contributed by atoms with Gasteiger partial charge >= 0.3 is 30.0 Å². The number of methoxy groups -OCH3 is 1. The van der Waals surface area contributed by atoms with Gasteiger partial charge in [-0.05, 0) is 39.0 Å². The van der Waals surface area contributed by atoms with E-state index < -0.39 is 78.8 Å². The lowest BCUT2D eigenvalue weighted by Crippen LogP contribution is -2.64. The van der Waals surface area contributed by atoms with Crippen molar-refractivity contribution in [3.8, 4) is 5.75 Å². The molecule has 0 radical (unpaired) electrons. The number of aliphatic hydroxyl groups excluding tert-OH is 1. The van der Waals surface area contributed by atoms with E-state index in [9.17, 15) is 33.9 Å². The number of hydrogen-bond donors (Lipinski definition) is 3. The van der Waals surface area contributed by atoms with E-state index in [1.165, 1.54) is 18.2 Å². The van der Waals surface area contributed by atoms with Gasteiger partial charge in [-0.3, -0.25) is 24.0 Å². The molecule has 0 aliphatic carbocycles. The van der Waals surface area contributed by atoms with Crippen molar-refractivity contribution in [3.05, 3.63) is 23.8 Å². The van der Waals surface area contributed by atoms with Crippen molar-refractivity contribution in [2.75, 3.05) is 71.9 Å². The van der Waals surface area contributed by atoms with Gasteiger partial charge in [0.25, 0.3) is 0 Å². The molecule has 0 aromatic heterocycles. The van der Waals surface area contributed by atoms with Crippen LogP contribution in [0.25, 0.3) is 0 Å². The molecular weight excluding hydrogens is 752 g/mol. The molecule has 316 valence electrons. The number of aliphatic hydroxyl groups is 1. The van der Waals surface area contributed by atoms with Crippen molar-refractivity contribution in [1.82, 2.24) is 5.48 Å². The third kappa shape index (κ3) is 18.3. The van der Waals surface area contributed by atoms with Crippen LogP contribution >= 0.6 is 0 Å². The van der Waals surface area contributed by atoms with Crippen molar-refractivity contribution in [3.63, 3.8) is 0 Å². The maximum atomic E-state index is 12.7. The van der Waals surface area contributed by atoms with Gasteiger partial charge in [0.15, 0.2) is 18.3 Å². The van der Waals surface area contributed by atoms with Crippen LogP contribution in [-0.4, -0.2) is 144 Å². The summed E-state index contributed by atoms with van der Waals surface area (Å²) in [6.45, 7) is 9.38. The van der Waals surface area contributed by atoms with Gasteiger partial charge in [0.2, 0.25) is 18.3 Å². The Hall–Kier alpha value is -4.64. The Bertz CT molecular complexity index is 1430. The number of amides is 2. The Morgan fingerprint density at radius 1 is 0.750 bits per heavy atom. The first-order valence-corrected chi connectivity index (χ1v) is 17.4. The smallest absolute Gasteiger partial charge is 0.431 e. The summed E-state index contributed by atoms with van der Waals surface area (Å²) in [6.07, 6.45) is -8.73. The van der Waals surface area contributed by atoms with E-state index in [1.807, 2.05) is 0 Å². The minimum Gasteiger partial charge on any atom is -0.467 e. The standard InChI is InChI=1S/C35H52N2O19/c1-21(39)51-28-29(52-22(2)40)31(53-23(3)41)33(55-30(28)32(43)45-7)54-26-9-8-25(18-24(26)19-38)36-27(42)20-49-15-14-47-11-10-46-12-13-48-16-17-50-37-34(44)56-35(4,5)6/h8-9,18,28-31,33,38H,10-17,19-20H2,1-7H3,(H,36,42)(H,37,44)/t28?,29?,30-,31?,33?/m0/s1. The van der Waals surface area contributed by atoms with Crippen molar-refractivity contribution in [2.24, 2.45) is 0 Å². The highest BCUT2D eigenvalue weighted by Gasteiger charge is 2.56. The third-order valence-electron chi connectivity index (χ3n) is 6.83. The molecule has 0 saturated carbocycles. The molecule has 1 heterocycles. The van der Waals surface area contributed by atoms with Crippen molar-refractivity contribution >= 4 is 41.6 Å². The summed E-state index contributed by atoms with van der Waals surface area (Å²) in [5, 5.41) is 12.7. The fraction of sp³-hybridized carbons (Fsp3) is 0.657. The van der Waals surface area contributed by atoms with Crippen LogP contribution in [0.2, 0.25) is 0 Å². The lowest BCUT2D eigenvalue weighted by atomic mass is 9.97. The molecular formula is C35H52N2O19. The molecule has 5 atom stereocenters. The van der Waals surface area contributed by atoms with E-state index >= 15 is 0 Å². The molecule has 0 spiro atoms. The van der Waals surface area contributed by atoms with Gasteiger partial charge in [0, 0.05) is 32.0 Å². The van der Waals surface area contributed by atoms with Gasteiger partial charge in [-0.2, -0.15) is 5.48 Å². The number of rotatable bonds is 23. The van der Waals surface area contributed by atoms with Crippen LogP contribution in [0.5, 0.6) is 5.75 Å². The van der Waals surface area contributed by atoms with E-state index in [-0.39, 0.29) is 56.6 Å². The summed E-state index contributed by atoms with van der Waals surface area (Å²) < 4.78 is 58.9. The van der Waals surface area contributed by atoms with E-state index in [2.05, 4.69) is 10.8 Å². The molecule has 1 aromatic rings. The summed E-state index contributed by atoms with van der Waals surface area (Å²) in [6, 6.07) is 4.20. The van der Waals surface area contributed by atoms with Crippen molar-refractivity contribution in [2.45, 2.75) is 84.5 Å². The second-order valence-corrected chi connectivity index (χ2v) is 12.7. The minimum atomic E-state index is -1.68. The second-order valence-electron chi connectivity index (χ2n) is 12.7. The highest BCUT2D eigenvalue weighted by molar-refractivity contribution is 5.91. The monoisotopic (exact) mass is 804 g/mol. The van der Waals surface area contributed by atoms with Crippen LogP contribution in [0.1, 0.15) is 47.1 Å². The molecule has 21 nitrogen and oxygen atoms in total. The highest BCUT2D eigenvalue weighted by atomic mass is 16.7. The van der Waals surface area contributed by atoms with E-state index in [4.69, 9.17) is 56.9 Å². The Balaban J connectivity index is 1.80. The Morgan fingerprint density at radius 2 is 1.29 bits per heavy atom. The fourth-order valence-corrected chi connectivity index (χ4v) is 4.73. The number of carbonyl (C=O) groups is 6. The van der Waals surface area contributed by atoms with Crippen LogP contribution in [0, 0.1) is 0 Å². The Labute approximate surface area is 323 Å². The van der Waals surface area contributed by atoms with E-state index in [0.717, 1.165) is 27.9 Å². The highest BCUT2D eigenvalue weighted by Crippen LogP contribution is 2.33. The zero-order chi connectivity index (χ0) is 41.7. The number of ether oxygens (including phenoxy) is 11. The Kier molecular flexibility index (Phi) is 21.0. The summed E-state index contributed by atoms with van der Waals surface area (Å²) in [5.74, 6) is -4.11. The van der Waals surface area contributed by atoms with Crippen LogP contribution in [0.3, 0.4) is 0 Å². The molecule has 1 saturated heterocycles. The van der Waals surface area contributed by atoms with Gasteiger partial charge in [0.1, 0.15) is 18.0 Å². The van der Waals surface area contributed by atoms with Gasteiger partial charge in [-0.25, -0.2) is 9.59 Å². The summed E-state index contributed by atoms with van der Waals surface area (Å²) in [7, 11) is 1.05. The molecule has 1 aliphatic heterocycles. The molecule has 3 N–H and O–H groups in total. The number of nitrogens with one attached hydrogen (secondary N) is 2. The Morgan fingerprint density at radius 3 is 1.82 bits per heavy atom. The first-order chi connectivity index (χ1) is 26.5. The predicted octanol–water partition coefficient (Wildman–Crippen LogP) is 0.712. The largest absolute Gasteiger partial charge is 0.467 e. The molecule has 21 heteroatoms. The van der Waals surface area contributed by atoms with Crippen LogP contribution in [-0.2, 0) is 82.8 Å². The average Bonchev–Trinajstić information content (AvgIpc) is 3.11. The van der Waals surface area contributed by atoms with Crippen LogP contribution in [0.15, 0.2) is 18.2 Å².